The maximum atomic E-state index is 12.0. The van der Waals surface area contributed by atoms with Crippen molar-refractivity contribution in [3.8, 4) is 0 Å². The molecule has 2 atom stereocenters. The third-order valence-electron chi connectivity index (χ3n) is 2.73. The van der Waals surface area contributed by atoms with E-state index < -0.39 is 5.54 Å². The minimum atomic E-state index is -1.00. The number of carbonyl (C=O) groups excluding carboxylic acids is 1. The van der Waals surface area contributed by atoms with Gasteiger partial charge in [-0.25, -0.2) is 0 Å². The van der Waals surface area contributed by atoms with E-state index in [1.807, 2.05) is 37.3 Å². The van der Waals surface area contributed by atoms with E-state index in [9.17, 15) is 4.79 Å². The molecule has 1 aromatic rings. The Labute approximate surface area is 102 Å². The Morgan fingerprint density at radius 1 is 1.41 bits per heavy atom. The Kier molecular flexibility index (Phi) is 4.66. The van der Waals surface area contributed by atoms with Crippen LogP contribution in [0.1, 0.15) is 25.8 Å². The molecule has 1 amide bonds. The Balaban J connectivity index is 2.61. The minimum absolute atomic E-state index is 0.0797. The standard InChI is InChI=1S/C13H21N3O/c1-10(14)8-9-16-12(17)13(2,15)11-6-4-3-5-7-11/h3-7,10H,8-9,14-15H2,1-2H3,(H,16,17). The lowest BCUT2D eigenvalue weighted by molar-refractivity contribution is -0.126. The molecule has 0 fully saturated rings. The Hall–Kier alpha value is -1.39. The van der Waals surface area contributed by atoms with Crippen LogP contribution in [0.25, 0.3) is 0 Å². The van der Waals surface area contributed by atoms with Crippen molar-refractivity contribution in [2.24, 2.45) is 11.5 Å². The van der Waals surface area contributed by atoms with E-state index in [0.717, 1.165) is 12.0 Å². The van der Waals surface area contributed by atoms with Gasteiger partial charge < -0.3 is 16.8 Å². The summed E-state index contributed by atoms with van der Waals surface area (Å²) in [5, 5.41) is 2.81. The maximum Gasteiger partial charge on any atom is 0.244 e. The number of nitrogens with one attached hydrogen (secondary N) is 1. The van der Waals surface area contributed by atoms with Crippen molar-refractivity contribution < 1.29 is 4.79 Å². The van der Waals surface area contributed by atoms with Gasteiger partial charge in [-0.1, -0.05) is 30.3 Å². The first kappa shape index (κ1) is 13.7. The van der Waals surface area contributed by atoms with E-state index in [1.54, 1.807) is 6.92 Å². The second-order valence-electron chi connectivity index (χ2n) is 4.59. The van der Waals surface area contributed by atoms with Crippen molar-refractivity contribution >= 4 is 5.91 Å². The molecule has 2 unspecified atom stereocenters. The zero-order valence-electron chi connectivity index (χ0n) is 10.4. The van der Waals surface area contributed by atoms with Crippen molar-refractivity contribution in [1.29, 1.82) is 0 Å². The molecule has 0 aliphatic carbocycles. The normalized spacial score (nSPS) is 16.0. The summed E-state index contributed by atoms with van der Waals surface area (Å²) in [6, 6.07) is 9.42. The van der Waals surface area contributed by atoms with Crippen LogP contribution in [0, 0.1) is 0 Å². The van der Waals surface area contributed by atoms with Gasteiger partial charge in [-0.2, -0.15) is 0 Å². The van der Waals surface area contributed by atoms with Gasteiger partial charge in [0.1, 0.15) is 5.54 Å². The second kappa shape index (κ2) is 5.80. The molecule has 0 saturated carbocycles. The van der Waals surface area contributed by atoms with Crippen molar-refractivity contribution in [1.82, 2.24) is 5.32 Å². The molecular formula is C13H21N3O. The van der Waals surface area contributed by atoms with E-state index in [4.69, 9.17) is 11.5 Å². The largest absolute Gasteiger partial charge is 0.354 e. The van der Waals surface area contributed by atoms with Crippen LogP contribution in [0.3, 0.4) is 0 Å². The van der Waals surface area contributed by atoms with E-state index in [-0.39, 0.29) is 11.9 Å². The van der Waals surface area contributed by atoms with Crippen molar-refractivity contribution in [2.45, 2.75) is 31.8 Å². The molecule has 1 aromatic carbocycles. The lowest BCUT2D eigenvalue weighted by atomic mass is 9.92. The molecule has 0 aliphatic heterocycles. The molecule has 0 spiro atoms. The fraction of sp³-hybridized carbons (Fsp3) is 0.462. The third kappa shape index (κ3) is 3.84. The molecule has 4 heteroatoms. The maximum absolute atomic E-state index is 12.0. The molecule has 5 N–H and O–H groups in total. The number of nitrogens with two attached hydrogens (primary N) is 2. The van der Waals surface area contributed by atoms with Crippen LogP contribution in [0.4, 0.5) is 0 Å². The Morgan fingerprint density at radius 2 is 2.00 bits per heavy atom. The lowest BCUT2D eigenvalue weighted by Crippen LogP contribution is -2.49. The molecule has 0 heterocycles. The van der Waals surface area contributed by atoms with Crippen LogP contribution in [-0.2, 0) is 10.3 Å². The summed E-state index contributed by atoms with van der Waals surface area (Å²) >= 11 is 0. The van der Waals surface area contributed by atoms with Crippen molar-refractivity contribution in [3.05, 3.63) is 35.9 Å². The van der Waals surface area contributed by atoms with E-state index in [0.29, 0.717) is 6.54 Å². The van der Waals surface area contributed by atoms with Gasteiger partial charge in [0.2, 0.25) is 5.91 Å². The molecule has 94 valence electrons. The van der Waals surface area contributed by atoms with E-state index in [2.05, 4.69) is 5.32 Å². The number of amides is 1. The molecule has 4 nitrogen and oxygen atoms in total. The molecule has 0 bridgehead atoms. The average molecular weight is 235 g/mol. The van der Waals surface area contributed by atoms with Crippen molar-refractivity contribution in [3.63, 3.8) is 0 Å². The minimum Gasteiger partial charge on any atom is -0.354 e. The lowest BCUT2D eigenvalue weighted by Gasteiger charge is -2.24. The van der Waals surface area contributed by atoms with E-state index >= 15 is 0 Å². The summed E-state index contributed by atoms with van der Waals surface area (Å²) in [7, 11) is 0. The first-order valence-corrected chi connectivity index (χ1v) is 5.83. The zero-order chi connectivity index (χ0) is 12.9. The summed E-state index contributed by atoms with van der Waals surface area (Å²) < 4.78 is 0. The van der Waals surface area contributed by atoms with Crippen LogP contribution < -0.4 is 16.8 Å². The highest BCUT2D eigenvalue weighted by molar-refractivity contribution is 5.86. The monoisotopic (exact) mass is 235 g/mol. The number of rotatable bonds is 5. The van der Waals surface area contributed by atoms with Crippen molar-refractivity contribution in [2.75, 3.05) is 6.54 Å². The topological polar surface area (TPSA) is 81.1 Å². The highest BCUT2D eigenvalue weighted by Gasteiger charge is 2.29. The number of benzene rings is 1. The van der Waals surface area contributed by atoms with Gasteiger partial charge in [0, 0.05) is 12.6 Å². The molecular weight excluding hydrogens is 214 g/mol. The third-order valence-corrected chi connectivity index (χ3v) is 2.73. The predicted octanol–water partition coefficient (Wildman–Crippen LogP) is 0.714. The Bertz CT molecular complexity index is 360. The van der Waals surface area contributed by atoms with Crippen LogP contribution in [0.15, 0.2) is 30.3 Å². The van der Waals surface area contributed by atoms with Gasteiger partial charge in [0.15, 0.2) is 0 Å². The summed E-state index contributed by atoms with van der Waals surface area (Å²) in [6.45, 7) is 4.17. The van der Waals surface area contributed by atoms with Gasteiger partial charge in [0.05, 0.1) is 0 Å². The molecule has 0 saturated heterocycles. The zero-order valence-corrected chi connectivity index (χ0v) is 10.4. The van der Waals surface area contributed by atoms with Gasteiger partial charge >= 0.3 is 0 Å². The highest BCUT2D eigenvalue weighted by atomic mass is 16.2. The number of hydrogen-bond donors (Lipinski definition) is 3. The van der Waals surface area contributed by atoms with Crippen LogP contribution in [-0.4, -0.2) is 18.5 Å². The van der Waals surface area contributed by atoms with Gasteiger partial charge in [-0.15, -0.1) is 0 Å². The highest BCUT2D eigenvalue weighted by Crippen LogP contribution is 2.17. The molecule has 1 rings (SSSR count). The smallest absolute Gasteiger partial charge is 0.244 e. The quantitative estimate of drug-likeness (QED) is 0.703. The number of hydrogen-bond acceptors (Lipinski definition) is 3. The Morgan fingerprint density at radius 3 is 2.53 bits per heavy atom. The first-order chi connectivity index (χ1) is 7.94. The molecule has 0 aromatic heterocycles. The van der Waals surface area contributed by atoms with Crippen LogP contribution >= 0.6 is 0 Å². The predicted molar refractivity (Wildman–Crippen MR) is 69.3 cm³/mol. The fourth-order valence-corrected chi connectivity index (χ4v) is 1.51. The van der Waals surface area contributed by atoms with Crippen LogP contribution in [0.5, 0.6) is 0 Å². The van der Waals surface area contributed by atoms with E-state index in [1.165, 1.54) is 0 Å². The molecule has 0 radical (unpaired) electrons. The summed E-state index contributed by atoms with van der Waals surface area (Å²) in [4.78, 5) is 12.0. The second-order valence-corrected chi connectivity index (χ2v) is 4.59. The van der Waals surface area contributed by atoms with Gasteiger partial charge in [0.25, 0.3) is 0 Å². The number of carbonyl (C=O) groups is 1. The summed E-state index contributed by atoms with van der Waals surface area (Å²) in [5.41, 5.74) is 11.5. The summed E-state index contributed by atoms with van der Waals surface area (Å²) in [5.74, 6) is -0.177. The van der Waals surface area contributed by atoms with Crippen LogP contribution in [0.2, 0.25) is 0 Å². The summed E-state index contributed by atoms with van der Waals surface area (Å²) in [6.07, 6.45) is 0.747. The SMILES string of the molecule is CC(N)CCNC(=O)C(C)(N)c1ccccc1. The molecule has 0 aliphatic rings. The first-order valence-electron chi connectivity index (χ1n) is 5.83. The van der Waals surface area contributed by atoms with Gasteiger partial charge in [-0.3, -0.25) is 4.79 Å². The average Bonchev–Trinajstić information content (AvgIpc) is 2.29. The molecule has 17 heavy (non-hydrogen) atoms. The van der Waals surface area contributed by atoms with Gasteiger partial charge in [-0.05, 0) is 25.8 Å². The fourth-order valence-electron chi connectivity index (χ4n) is 1.51.